The van der Waals surface area contributed by atoms with Crippen LogP contribution in [0.5, 0.6) is 0 Å². The van der Waals surface area contributed by atoms with Crippen LogP contribution in [0, 0.1) is 0 Å². The van der Waals surface area contributed by atoms with Gasteiger partial charge in [0, 0.05) is 41.8 Å². The van der Waals surface area contributed by atoms with Gasteiger partial charge in [-0.05, 0) is 6.42 Å². The minimum Gasteiger partial charge on any atom is -0.779 e. The summed E-state index contributed by atoms with van der Waals surface area (Å²) in [4.78, 5) is 18.3. The summed E-state index contributed by atoms with van der Waals surface area (Å²) in [6, 6.07) is -0.561. The molecule has 0 aromatic carbocycles. The predicted molar refractivity (Wildman–Crippen MR) is 40.1 cm³/mol. The molecule has 2 unspecified atom stereocenters. The summed E-state index contributed by atoms with van der Waals surface area (Å²) in [5.41, 5.74) is 5.16. The number of nitrogens with two attached hydrogens (primary N) is 1. The average molecular weight is 214 g/mol. The van der Waals surface area contributed by atoms with E-state index >= 15 is 0 Å². The molecule has 0 aromatic heterocycles. The molecule has 63 valence electrons. The molecule has 8 heteroatoms. The van der Waals surface area contributed by atoms with E-state index < -0.39 is 13.6 Å². The largest absolute Gasteiger partial charge is 1.00 e. The van der Waals surface area contributed by atoms with Gasteiger partial charge >= 0.3 is 29.6 Å². The molecule has 0 heterocycles. The second kappa shape index (κ2) is 9.62. The first-order chi connectivity index (χ1) is 4.45. The molecule has 0 aromatic rings. The fourth-order valence-electron chi connectivity index (χ4n) is 0.420. The number of hydrogen-bond donors (Lipinski definition) is 3. The molecule has 0 spiro atoms. The Hall–Kier alpha value is 2.07. The fourth-order valence-corrected chi connectivity index (χ4v) is 1.08. The number of hydrogen-bond acceptors (Lipinski definition) is 4. The zero-order valence-electron chi connectivity index (χ0n) is 7.43. The molecule has 4 N–H and O–H groups in total. The van der Waals surface area contributed by atoms with Gasteiger partial charge in [-0.1, -0.05) is 0 Å². The van der Waals surface area contributed by atoms with Crippen molar-refractivity contribution in [3.05, 3.63) is 0 Å². The SMILES string of the molecule is NC(CO)CCP(=O)([O-])O.[Na+].[Na]. The van der Waals surface area contributed by atoms with Crippen molar-refractivity contribution < 1.29 is 49.0 Å². The number of aliphatic hydroxyl groups is 1. The molecule has 0 aliphatic heterocycles. The first-order valence-electron chi connectivity index (χ1n) is 2.85. The van der Waals surface area contributed by atoms with Crippen molar-refractivity contribution in [2.75, 3.05) is 12.8 Å². The van der Waals surface area contributed by atoms with Gasteiger partial charge in [-0.15, -0.1) is 0 Å². The maximum Gasteiger partial charge on any atom is 1.00 e. The van der Waals surface area contributed by atoms with Crippen LogP contribution in [0.25, 0.3) is 0 Å². The molecule has 0 rings (SSSR count). The first kappa shape index (κ1) is 19.6. The third-order valence-corrected chi connectivity index (χ3v) is 1.84. The molecular formula is C4H11NNa2O4P. The summed E-state index contributed by atoms with van der Waals surface area (Å²) in [5, 5.41) is 8.33. The van der Waals surface area contributed by atoms with Crippen LogP contribution >= 0.6 is 7.60 Å². The van der Waals surface area contributed by atoms with Crippen LogP contribution in [0.2, 0.25) is 0 Å². The van der Waals surface area contributed by atoms with Gasteiger partial charge in [-0.3, -0.25) is 0 Å². The summed E-state index contributed by atoms with van der Waals surface area (Å²) in [6.45, 7) is -0.264. The van der Waals surface area contributed by atoms with E-state index in [1.165, 1.54) is 0 Å². The third-order valence-electron chi connectivity index (χ3n) is 1.02. The van der Waals surface area contributed by atoms with Crippen molar-refractivity contribution in [2.24, 2.45) is 5.73 Å². The molecule has 0 saturated carbocycles. The van der Waals surface area contributed by atoms with Crippen LogP contribution in [0.1, 0.15) is 6.42 Å². The number of rotatable bonds is 4. The van der Waals surface area contributed by atoms with Gasteiger partial charge in [-0.25, -0.2) is 0 Å². The van der Waals surface area contributed by atoms with E-state index in [1.54, 1.807) is 0 Å². The minimum absolute atomic E-state index is 0. The summed E-state index contributed by atoms with van der Waals surface area (Å²) in [6.07, 6.45) is -0.275. The fraction of sp³-hybridized carbons (Fsp3) is 1.00. The van der Waals surface area contributed by atoms with E-state index in [4.69, 9.17) is 15.7 Å². The molecular weight excluding hydrogens is 203 g/mol. The molecule has 1 radical (unpaired) electrons. The van der Waals surface area contributed by atoms with E-state index in [0.717, 1.165) is 0 Å². The second-order valence-electron chi connectivity index (χ2n) is 2.09. The Bertz CT molecular complexity index is 141. The van der Waals surface area contributed by atoms with Crippen LogP contribution in [-0.2, 0) is 4.57 Å². The Kier molecular flexibility index (Phi) is 15.7. The van der Waals surface area contributed by atoms with Gasteiger partial charge in [0.15, 0.2) is 0 Å². The molecule has 5 nitrogen and oxygen atoms in total. The monoisotopic (exact) mass is 214 g/mol. The van der Waals surface area contributed by atoms with Gasteiger partial charge in [0.05, 0.1) is 6.61 Å². The molecule has 0 fully saturated rings. The van der Waals surface area contributed by atoms with Crippen molar-refractivity contribution >= 4 is 37.2 Å². The van der Waals surface area contributed by atoms with Crippen molar-refractivity contribution in [3.8, 4) is 0 Å². The quantitative estimate of drug-likeness (QED) is 0.320. The van der Waals surface area contributed by atoms with Crippen molar-refractivity contribution in [2.45, 2.75) is 12.5 Å². The van der Waals surface area contributed by atoms with E-state index in [-0.39, 0.29) is 78.3 Å². The maximum absolute atomic E-state index is 10.1. The average Bonchev–Trinajstić information content (AvgIpc) is 1.81. The first-order valence-corrected chi connectivity index (χ1v) is 4.61. The van der Waals surface area contributed by atoms with Crippen LogP contribution < -0.4 is 40.2 Å². The molecule has 12 heavy (non-hydrogen) atoms. The van der Waals surface area contributed by atoms with Gasteiger partial charge in [0.1, 0.15) is 7.60 Å². The molecule has 0 amide bonds. The Morgan fingerprint density at radius 2 is 2.00 bits per heavy atom. The summed E-state index contributed by atoms with van der Waals surface area (Å²) >= 11 is 0. The minimum atomic E-state index is -4.17. The van der Waals surface area contributed by atoms with Gasteiger partial charge in [0.25, 0.3) is 0 Å². The van der Waals surface area contributed by atoms with Crippen LogP contribution in [0.3, 0.4) is 0 Å². The zero-order chi connectivity index (χ0) is 8.20. The van der Waals surface area contributed by atoms with E-state index in [2.05, 4.69) is 0 Å². The van der Waals surface area contributed by atoms with E-state index in [0.29, 0.717) is 0 Å². The van der Waals surface area contributed by atoms with E-state index in [1.807, 2.05) is 0 Å². The van der Waals surface area contributed by atoms with Gasteiger partial charge in [0.2, 0.25) is 0 Å². The van der Waals surface area contributed by atoms with Crippen LogP contribution in [0.15, 0.2) is 0 Å². The summed E-state index contributed by atoms with van der Waals surface area (Å²) in [7, 11) is -4.17. The standard InChI is InChI=1S/C4H12NO4P.2Na/c5-4(3-6)1-2-10(7,8)9;;/h4,6H,1-3,5H2,(H2,7,8,9);;/q;;+1/p-1. The predicted octanol–water partition coefficient (Wildman–Crippen LogP) is -5.13. The van der Waals surface area contributed by atoms with Gasteiger partial charge < -0.3 is 25.2 Å². The zero-order valence-corrected chi connectivity index (χ0v) is 12.3. The van der Waals surface area contributed by atoms with Crippen molar-refractivity contribution in [1.82, 2.24) is 0 Å². The molecule has 2 atom stereocenters. The van der Waals surface area contributed by atoms with Crippen LogP contribution in [0.4, 0.5) is 0 Å². The Morgan fingerprint density at radius 1 is 1.58 bits per heavy atom. The third kappa shape index (κ3) is 14.6. The molecule has 0 aliphatic rings. The Balaban J connectivity index is -0.000000405. The Morgan fingerprint density at radius 3 is 2.25 bits per heavy atom. The topological polar surface area (TPSA) is 107 Å². The van der Waals surface area contributed by atoms with Crippen molar-refractivity contribution in [3.63, 3.8) is 0 Å². The molecule has 0 aliphatic carbocycles. The summed E-state index contributed by atoms with van der Waals surface area (Å²) in [5.74, 6) is 0. The molecule has 0 bridgehead atoms. The van der Waals surface area contributed by atoms with Crippen LogP contribution in [-0.4, -0.2) is 58.4 Å². The van der Waals surface area contributed by atoms with E-state index in [9.17, 15) is 9.46 Å². The van der Waals surface area contributed by atoms with Crippen molar-refractivity contribution in [1.29, 1.82) is 0 Å². The van der Waals surface area contributed by atoms with Gasteiger partial charge in [-0.2, -0.15) is 0 Å². The summed E-state index contributed by atoms with van der Waals surface area (Å²) < 4.78 is 10.1. The molecule has 0 saturated heterocycles. The number of aliphatic hydroxyl groups excluding tert-OH is 1. The Labute approximate surface area is 116 Å². The smallest absolute Gasteiger partial charge is 0.779 e. The maximum atomic E-state index is 10.1. The second-order valence-corrected chi connectivity index (χ2v) is 3.81. The normalized spacial score (nSPS) is 16.7.